The second kappa shape index (κ2) is 14.2. The Morgan fingerprint density at radius 2 is 1.68 bits per heavy atom. The number of anilines is 2. The van der Waals surface area contributed by atoms with Crippen LogP contribution in [0.4, 0.5) is 20.4 Å². The van der Waals surface area contributed by atoms with E-state index < -0.39 is 45.0 Å². The molecule has 4 atom stereocenters. The molecule has 0 spiro atoms. The van der Waals surface area contributed by atoms with Gasteiger partial charge in [-0.05, 0) is 56.4 Å². The highest BCUT2D eigenvalue weighted by Crippen LogP contribution is 2.37. The first-order valence-corrected chi connectivity index (χ1v) is 15.8. The SMILES string of the molecule is CC(C)S(=O)(=O)N(C)c1cc(C(=O)N[C@@H](COc2cc(F)cc(F)c2)[C@@H](O)COc2ccccc2)cc(NC[C@H]2C[C@@H]2C)n1. The van der Waals surface area contributed by atoms with Crippen LogP contribution >= 0.6 is 0 Å². The molecule has 4 rings (SSSR count). The number of pyridine rings is 1. The first kappa shape index (κ1) is 32.9. The van der Waals surface area contributed by atoms with Gasteiger partial charge in [0.15, 0.2) is 0 Å². The Balaban J connectivity index is 1.58. The largest absolute Gasteiger partial charge is 0.491 e. The summed E-state index contributed by atoms with van der Waals surface area (Å²) in [5.74, 6) is -0.651. The molecule has 1 aromatic heterocycles. The fourth-order valence-electron chi connectivity index (χ4n) is 4.38. The lowest BCUT2D eigenvalue weighted by atomic mass is 10.1. The zero-order valence-electron chi connectivity index (χ0n) is 25.0. The fraction of sp³-hybridized carbons (Fsp3) is 0.419. The molecule has 3 N–H and O–H groups in total. The molecule has 1 amide bonds. The van der Waals surface area contributed by atoms with Crippen LogP contribution in [0.3, 0.4) is 0 Å². The number of sulfonamides is 1. The maximum absolute atomic E-state index is 13.7. The third kappa shape index (κ3) is 8.79. The van der Waals surface area contributed by atoms with E-state index in [0.717, 1.165) is 22.9 Å². The normalized spacial score (nSPS) is 17.5. The standard InChI is InChI=1S/C31H38F2N4O6S/c1-19(2)44(40,41)37(4)30-12-21(11-29(36-30)34-16-22-10-20(22)3)31(39)35-27(17-42-26-14-23(32)13-24(33)15-26)28(38)18-43-25-8-6-5-7-9-25/h5-9,11-15,19-20,22,27-28,38H,10,16-18H2,1-4H3,(H,34,36)(H,35,39)/t20-,22+,27-,28-/m0/s1. The molecule has 44 heavy (non-hydrogen) atoms. The lowest BCUT2D eigenvalue weighted by Crippen LogP contribution is -2.49. The smallest absolute Gasteiger partial charge is 0.251 e. The predicted octanol–water partition coefficient (Wildman–Crippen LogP) is 4.22. The summed E-state index contributed by atoms with van der Waals surface area (Å²) in [6.07, 6.45) is -0.251. The molecule has 1 aliphatic rings. The van der Waals surface area contributed by atoms with Crippen LogP contribution in [0, 0.1) is 23.5 Å². The molecule has 13 heteroatoms. The molecule has 3 aromatic rings. The molecule has 1 heterocycles. The minimum Gasteiger partial charge on any atom is -0.491 e. The van der Waals surface area contributed by atoms with Crippen LogP contribution in [0.2, 0.25) is 0 Å². The molecule has 1 aliphatic carbocycles. The van der Waals surface area contributed by atoms with Crippen molar-refractivity contribution in [2.45, 2.75) is 44.6 Å². The lowest BCUT2D eigenvalue weighted by molar-refractivity contribution is 0.0494. The molecule has 1 fully saturated rings. The average Bonchev–Trinajstić information content (AvgIpc) is 3.70. The number of nitrogens with one attached hydrogen (secondary N) is 2. The van der Waals surface area contributed by atoms with Gasteiger partial charge in [-0.15, -0.1) is 0 Å². The zero-order chi connectivity index (χ0) is 32.0. The molecular formula is C31H38F2N4O6S. The Hall–Kier alpha value is -3.97. The summed E-state index contributed by atoms with van der Waals surface area (Å²) >= 11 is 0. The monoisotopic (exact) mass is 632 g/mol. The van der Waals surface area contributed by atoms with E-state index in [4.69, 9.17) is 9.47 Å². The quantitative estimate of drug-likeness (QED) is 0.227. The van der Waals surface area contributed by atoms with Crippen LogP contribution in [0.5, 0.6) is 11.5 Å². The van der Waals surface area contributed by atoms with Crippen molar-refractivity contribution < 1.29 is 36.6 Å². The molecule has 0 bridgehead atoms. The van der Waals surface area contributed by atoms with Gasteiger partial charge in [-0.3, -0.25) is 9.10 Å². The van der Waals surface area contributed by atoms with Crippen LogP contribution in [-0.4, -0.2) is 68.6 Å². The first-order valence-electron chi connectivity index (χ1n) is 14.3. The number of hydrogen-bond acceptors (Lipinski definition) is 8. The van der Waals surface area contributed by atoms with Gasteiger partial charge >= 0.3 is 0 Å². The number of aliphatic hydroxyl groups excluding tert-OH is 1. The van der Waals surface area contributed by atoms with E-state index in [-0.39, 0.29) is 30.3 Å². The number of hydrogen-bond donors (Lipinski definition) is 3. The summed E-state index contributed by atoms with van der Waals surface area (Å²) in [6.45, 7) is 5.23. The van der Waals surface area contributed by atoms with E-state index in [9.17, 15) is 27.1 Å². The third-order valence-corrected chi connectivity index (χ3v) is 9.55. The topological polar surface area (TPSA) is 130 Å². The van der Waals surface area contributed by atoms with E-state index in [1.54, 1.807) is 44.2 Å². The maximum Gasteiger partial charge on any atom is 0.251 e. The Morgan fingerprint density at radius 3 is 2.30 bits per heavy atom. The zero-order valence-corrected chi connectivity index (χ0v) is 25.9. The maximum atomic E-state index is 13.7. The number of para-hydroxylation sites is 1. The van der Waals surface area contributed by atoms with Gasteiger partial charge in [0.1, 0.15) is 54.1 Å². The van der Waals surface area contributed by atoms with Gasteiger partial charge in [0, 0.05) is 37.4 Å². The van der Waals surface area contributed by atoms with E-state index in [0.29, 0.717) is 36.0 Å². The molecule has 1 saturated carbocycles. The third-order valence-electron chi connectivity index (χ3n) is 7.41. The number of carbonyl (C=O) groups excluding carboxylic acids is 1. The van der Waals surface area contributed by atoms with Crippen LogP contribution in [0.15, 0.2) is 60.7 Å². The van der Waals surface area contributed by atoms with Crippen molar-refractivity contribution in [1.82, 2.24) is 10.3 Å². The van der Waals surface area contributed by atoms with E-state index in [1.165, 1.54) is 19.2 Å². The molecule has 0 aliphatic heterocycles. The minimum atomic E-state index is -3.76. The Morgan fingerprint density at radius 1 is 1.05 bits per heavy atom. The van der Waals surface area contributed by atoms with Gasteiger partial charge in [-0.1, -0.05) is 25.1 Å². The number of carbonyl (C=O) groups is 1. The van der Waals surface area contributed by atoms with Crippen molar-refractivity contribution in [3.05, 3.63) is 77.9 Å². The average molecular weight is 633 g/mol. The number of aromatic nitrogens is 1. The van der Waals surface area contributed by atoms with Gasteiger partial charge < -0.3 is 25.2 Å². The highest BCUT2D eigenvalue weighted by atomic mass is 32.2. The summed E-state index contributed by atoms with van der Waals surface area (Å²) < 4.78 is 65.6. The van der Waals surface area contributed by atoms with Crippen LogP contribution in [0.25, 0.3) is 0 Å². The second-order valence-electron chi connectivity index (χ2n) is 11.2. The van der Waals surface area contributed by atoms with Crippen molar-refractivity contribution in [3.63, 3.8) is 0 Å². The van der Waals surface area contributed by atoms with Gasteiger partial charge in [0.05, 0.1) is 11.3 Å². The van der Waals surface area contributed by atoms with Crippen molar-refractivity contribution in [2.75, 3.05) is 36.4 Å². The number of halogens is 2. The highest BCUT2D eigenvalue weighted by molar-refractivity contribution is 7.93. The number of rotatable bonds is 15. The minimum absolute atomic E-state index is 0.0358. The number of ether oxygens (including phenoxy) is 2. The molecule has 238 valence electrons. The summed E-state index contributed by atoms with van der Waals surface area (Å²) in [7, 11) is -2.39. The highest BCUT2D eigenvalue weighted by Gasteiger charge is 2.32. The van der Waals surface area contributed by atoms with Crippen molar-refractivity contribution in [2.24, 2.45) is 11.8 Å². The summed E-state index contributed by atoms with van der Waals surface area (Å²) in [4.78, 5) is 18.1. The molecule has 10 nitrogen and oxygen atoms in total. The molecule has 2 aromatic carbocycles. The molecule has 0 unspecified atom stereocenters. The number of amides is 1. The Labute approximate surface area is 256 Å². The van der Waals surface area contributed by atoms with Gasteiger partial charge in [-0.25, -0.2) is 22.2 Å². The van der Waals surface area contributed by atoms with Crippen molar-refractivity contribution >= 4 is 27.6 Å². The predicted molar refractivity (Wildman–Crippen MR) is 164 cm³/mol. The lowest BCUT2D eigenvalue weighted by Gasteiger charge is -2.25. The second-order valence-corrected chi connectivity index (χ2v) is 13.7. The molecule has 0 radical (unpaired) electrons. The molecule has 0 saturated heterocycles. The van der Waals surface area contributed by atoms with Crippen LogP contribution < -0.4 is 24.4 Å². The number of nitrogens with zero attached hydrogens (tertiary/aromatic N) is 2. The fourth-order valence-corrected chi connectivity index (χ4v) is 5.36. The van der Waals surface area contributed by atoms with Gasteiger partial charge in [0.2, 0.25) is 10.0 Å². The summed E-state index contributed by atoms with van der Waals surface area (Å²) in [5, 5.41) is 16.2. The van der Waals surface area contributed by atoms with Crippen molar-refractivity contribution in [3.8, 4) is 11.5 Å². The summed E-state index contributed by atoms with van der Waals surface area (Å²) in [5.41, 5.74) is 0.0742. The van der Waals surface area contributed by atoms with Crippen LogP contribution in [0.1, 0.15) is 37.6 Å². The Kier molecular flexibility index (Phi) is 10.6. The summed E-state index contributed by atoms with van der Waals surface area (Å²) in [6, 6.07) is 13.1. The van der Waals surface area contributed by atoms with Crippen LogP contribution in [-0.2, 0) is 10.0 Å². The Bertz CT molecular complexity index is 1520. The van der Waals surface area contributed by atoms with E-state index in [2.05, 4.69) is 22.5 Å². The molecular weight excluding hydrogens is 594 g/mol. The van der Waals surface area contributed by atoms with E-state index in [1.807, 2.05) is 0 Å². The number of benzene rings is 2. The van der Waals surface area contributed by atoms with E-state index >= 15 is 0 Å². The number of aliphatic hydroxyl groups is 1. The van der Waals surface area contributed by atoms with Crippen molar-refractivity contribution in [1.29, 1.82) is 0 Å². The van der Waals surface area contributed by atoms with Gasteiger partial charge in [-0.2, -0.15) is 0 Å². The van der Waals surface area contributed by atoms with Gasteiger partial charge in [0.25, 0.3) is 5.91 Å². The first-order chi connectivity index (χ1) is 20.8.